The first-order valence-corrected chi connectivity index (χ1v) is 5.91. The van der Waals surface area contributed by atoms with E-state index in [0.29, 0.717) is 0 Å². The summed E-state index contributed by atoms with van der Waals surface area (Å²) in [6.45, 7) is 2.02. The second kappa shape index (κ2) is 6.24. The highest BCUT2D eigenvalue weighted by atomic mass is 32.1. The molecule has 0 spiro atoms. The lowest BCUT2D eigenvalue weighted by Crippen LogP contribution is -2.44. The molecule has 4 N–H and O–H groups in total. The smallest absolute Gasteiger partial charge is 0.323 e. The lowest BCUT2D eigenvalue weighted by molar-refractivity contribution is -0.139. The van der Waals surface area contributed by atoms with Crippen molar-refractivity contribution >= 4 is 23.2 Å². The van der Waals surface area contributed by atoms with Gasteiger partial charge in [0.1, 0.15) is 0 Å². The second-order valence-corrected chi connectivity index (χ2v) is 4.28. The summed E-state index contributed by atoms with van der Waals surface area (Å²) in [6, 6.07) is 3.73. The standard InChI is InChI=1S/C10H15N3O2S/c1-2-4-7(8-5-3-6-16-8)12-9(14)10(15)13-11/h3,5-7H,2,4,11H2,1H3,(H,12,14)(H,13,15). The van der Waals surface area contributed by atoms with E-state index >= 15 is 0 Å². The van der Waals surface area contributed by atoms with E-state index in [4.69, 9.17) is 5.84 Å². The quantitative estimate of drug-likeness (QED) is 0.314. The molecule has 0 fully saturated rings. The van der Waals surface area contributed by atoms with Gasteiger partial charge in [-0.05, 0) is 17.9 Å². The number of rotatable bonds is 4. The Labute approximate surface area is 98.0 Å². The number of hydrazine groups is 1. The zero-order valence-electron chi connectivity index (χ0n) is 9.03. The summed E-state index contributed by atoms with van der Waals surface area (Å²) in [5, 5.41) is 4.59. The van der Waals surface area contributed by atoms with Crippen molar-refractivity contribution in [1.29, 1.82) is 0 Å². The van der Waals surface area contributed by atoms with E-state index in [1.54, 1.807) is 11.3 Å². The largest absolute Gasteiger partial charge is 0.340 e. The minimum absolute atomic E-state index is 0.116. The van der Waals surface area contributed by atoms with Crippen molar-refractivity contribution in [2.75, 3.05) is 0 Å². The SMILES string of the molecule is CCCC(NC(=O)C(=O)NN)c1cccs1. The summed E-state index contributed by atoms with van der Waals surface area (Å²) in [4.78, 5) is 23.4. The normalized spacial score (nSPS) is 11.9. The zero-order valence-corrected chi connectivity index (χ0v) is 9.84. The summed E-state index contributed by atoms with van der Waals surface area (Å²) in [6.07, 6.45) is 1.72. The summed E-state index contributed by atoms with van der Waals surface area (Å²) < 4.78 is 0. The van der Waals surface area contributed by atoms with E-state index < -0.39 is 11.8 Å². The monoisotopic (exact) mass is 241 g/mol. The topological polar surface area (TPSA) is 84.2 Å². The first-order valence-electron chi connectivity index (χ1n) is 5.03. The Morgan fingerprint density at radius 3 is 2.75 bits per heavy atom. The van der Waals surface area contributed by atoms with E-state index in [9.17, 15) is 9.59 Å². The maximum Gasteiger partial charge on any atom is 0.323 e. The molecule has 2 amide bonds. The third-order valence-corrected chi connectivity index (χ3v) is 3.09. The molecule has 1 unspecified atom stereocenters. The molecule has 0 bridgehead atoms. The average Bonchev–Trinajstić information content (AvgIpc) is 2.80. The number of amides is 2. The van der Waals surface area contributed by atoms with Gasteiger partial charge in [0, 0.05) is 4.88 Å². The van der Waals surface area contributed by atoms with Crippen LogP contribution in [-0.2, 0) is 9.59 Å². The van der Waals surface area contributed by atoms with Gasteiger partial charge in [0.05, 0.1) is 6.04 Å². The summed E-state index contributed by atoms with van der Waals surface area (Å²) in [5.41, 5.74) is 1.81. The predicted octanol–water partition coefficient (Wildman–Crippen LogP) is 0.695. The number of nitrogens with one attached hydrogen (secondary N) is 2. The van der Waals surface area contributed by atoms with E-state index in [1.807, 2.05) is 29.9 Å². The van der Waals surface area contributed by atoms with Crippen LogP contribution in [-0.4, -0.2) is 11.8 Å². The molecule has 0 radical (unpaired) electrons. The van der Waals surface area contributed by atoms with Crippen LogP contribution >= 0.6 is 11.3 Å². The van der Waals surface area contributed by atoms with Gasteiger partial charge < -0.3 is 5.32 Å². The highest BCUT2D eigenvalue weighted by molar-refractivity contribution is 7.10. The molecule has 1 heterocycles. The molecule has 88 valence electrons. The van der Waals surface area contributed by atoms with Crippen molar-refractivity contribution in [3.05, 3.63) is 22.4 Å². The molecule has 0 aliphatic heterocycles. The molecule has 0 aromatic carbocycles. The molecule has 1 aromatic heterocycles. The van der Waals surface area contributed by atoms with Gasteiger partial charge in [-0.3, -0.25) is 15.0 Å². The van der Waals surface area contributed by atoms with Crippen molar-refractivity contribution in [1.82, 2.24) is 10.7 Å². The summed E-state index contributed by atoms with van der Waals surface area (Å²) in [5.74, 6) is 3.36. The third-order valence-electron chi connectivity index (χ3n) is 2.11. The van der Waals surface area contributed by atoms with Gasteiger partial charge in [-0.25, -0.2) is 5.84 Å². The number of carbonyl (C=O) groups excluding carboxylic acids is 2. The van der Waals surface area contributed by atoms with E-state index in [1.165, 1.54) is 0 Å². The van der Waals surface area contributed by atoms with E-state index in [0.717, 1.165) is 17.7 Å². The van der Waals surface area contributed by atoms with Gasteiger partial charge in [0.15, 0.2) is 0 Å². The fourth-order valence-corrected chi connectivity index (χ4v) is 2.17. The Kier molecular flexibility index (Phi) is 4.94. The first kappa shape index (κ1) is 12.7. The molecule has 1 rings (SSSR count). The van der Waals surface area contributed by atoms with Gasteiger partial charge in [-0.2, -0.15) is 0 Å². The van der Waals surface area contributed by atoms with Gasteiger partial charge in [0.25, 0.3) is 0 Å². The van der Waals surface area contributed by atoms with Gasteiger partial charge >= 0.3 is 11.8 Å². The number of hydrogen-bond donors (Lipinski definition) is 3. The predicted molar refractivity (Wildman–Crippen MR) is 62.4 cm³/mol. The first-order chi connectivity index (χ1) is 7.69. The Morgan fingerprint density at radius 2 is 2.25 bits per heavy atom. The van der Waals surface area contributed by atoms with E-state index in [2.05, 4.69) is 5.32 Å². The van der Waals surface area contributed by atoms with Crippen molar-refractivity contribution in [2.24, 2.45) is 5.84 Å². The molecule has 0 saturated heterocycles. The molecule has 0 saturated carbocycles. The highest BCUT2D eigenvalue weighted by Crippen LogP contribution is 2.22. The van der Waals surface area contributed by atoms with Crippen molar-refractivity contribution in [3.63, 3.8) is 0 Å². The van der Waals surface area contributed by atoms with Gasteiger partial charge in [-0.1, -0.05) is 19.4 Å². The number of thiophene rings is 1. The molecule has 16 heavy (non-hydrogen) atoms. The lowest BCUT2D eigenvalue weighted by Gasteiger charge is -2.15. The Balaban J connectivity index is 2.65. The van der Waals surface area contributed by atoms with Crippen LogP contribution in [0, 0.1) is 0 Å². The molecular weight excluding hydrogens is 226 g/mol. The summed E-state index contributed by atoms with van der Waals surface area (Å²) >= 11 is 1.55. The maximum atomic E-state index is 11.4. The number of carbonyl (C=O) groups is 2. The van der Waals surface area contributed by atoms with Crippen LogP contribution in [0.15, 0.2) is 17.5 Å². The highest BCUT2D eigenvalue weighted by Gasteiger charge is 2.18. The fraction of sp³-hybridized carbons (Fsp3) is 0.400. The number of hydrogen-bond acceptors (Lipinski definition) is 4. The van der Waals surface area contributed by atoms with E-state index in [-0.39, 0.29) is 6.04 Å². The van der Waals surface area contributed by atoms with Gasteiger partial charge in [0.2, 0.25) is 0 Å². The Bertz CT molecular complexity index is 351. The number of nitrogens with two attached hydrogens (primary N) is 1. The van der Waals surface area contributed by atoms with Crippen LogP contribution in [0.25, 0.3) is 0 Å². The lowest BCUT2D eigenvalue weighted by atomic mass is 10.1. The van der Waals surface area contributed by atoms with Crippen LogP contribution in [0.4, 0.5) is 0 Å². The Hall–Kier alpha value is -1.40. The zero-order chi connectivity index (χ0) is 12.0. The average molecular weight is 241 g/mol. The van der Waals surface area contributed by atoms with Crippen LogP contribution < -0.4 is 16.6 Å². The molecule has 5 nitrogen and oxygen atoms in total. The van der Waals surface area contributed by atoms with Crippen LogP contribution in [0.2, 0.25) is 0 Å². The minimum Gasteiger partial charge on any atom is -0.340 e. The molecule has 0 aliphatic carbocycles. The van der Waals surface area contributed by atoms with Crippen LogP contribution in [0.1, 0.15) is 30.7 Å². The third kappa shape index (κ3) is 3.32. The summed E-state index contributed by atoms with van der Waals surface area (Å²) in [7, 11) is 0. The second-order valence-electron chi connectivity index (χ2n) is 3.30. The fourth-order valence-electron chi connectivity index (χ4n) is 1.35. The van der Waals surface area contributed by atoms with Crippen molar-refractivity contribution in [2.45, 2.75) is 25.8 Å². The van der Waals surface area contributed by atoms with Crippen LogP contribution in [0.3, 0.4) is 0 Å². The minimum atomic E-state index is -0.822. The van der Waals surface area contributed by atoms with Crippen LogP contribution in [0.5, 0.6) is 0 Å². The Morgan fingerprint density at radius 1 is 1.50 bits per heavy atom. The molecule has 1 atom stereocenters. The van der Waals surface area contributed by atoms with Crippen molar-refractivity contribution < 1.29 is 9.59 Å². The molecule has 6 heteroatoms. The molecular formula is C10H15N3O2S. The molecule has 0 aliphatic rings. The van der Waals surface area contributed by atoms with Crippen molar-refractivity contribution in [3.8, 4) is 0 Å². The molecule has 1 aromatic rings. The van der Waals surface area contributed by atoms with Gasteiger partial charge in [-0.15, -0.1) is 11.3 Å². The maximum absolute atomic E-state index is 11.4.